The third-order valence-electron chi connectivity index (χ3n) is 9.54. The fourth-order valence-corrected chi connectivity index (χ4v) is 9.08. The van der Waals surface area contributed by atoms with E-state index in [-0.39, 0.29) is 25.4 Å². The first-order valence-corrected chi connectivity index (χ1v) is 22.9. The topological polar surface area (TPSA) is 155 Å². The average molecular weight is 787 g/mol. The number of sulfonamides is 2. The molecule has 0 saturated carbocycles. The molecule has 3 aromatic carbocycles. The number of pyridine rings is 1. The van der Waals surface area contributed by atoms with E-state index in [1.54, 1.807) is 17.7 Å². The molecule has 1 aromatic heterocycles. The first-order chi connectivity index (χ1) is 25.3. The van der Waals surface area contributed by atoms with Crippen LogP contribution in [0.1, 0.15) is 96.8 Å². The van der Waals surface area contributed by atoms with Crippen LogP contribution >= 0.6 is 0 Å². The molecule has 1 heterocycles. The SMILES string of the molecule is CCCCCCCCCCCCCCCCN(C)S(=O)(=O)c1cccc(S(=O)(=O)N/N=c2\cc(-c3ccccc3)n(C)c3ccc(S(=O)(=O)O)cc23)c1. The zero-order valence-electron chi connectivity index (χ0n) is 31.1. The number of nitrogens with zero attached hydrogens (tertiary/aromatic N) is 3. The van der Waals surface area contributed by atoms with Crippen LogP contribution in [0.2, 0.25) is 0 Å². The van der Waals surface area contributed by atoms with E-state index in [2.05, 4.69) is 16.9 Å². The Kier molecular flexibility index (Phi) is 15.7. The van der Waals surface area contributed by atoms with Crippen LogP contribution in [0.25, 0.3) is 22.2 Å². The molecule has 0 aliphatic carbocycles. The van der Waals surface area contributed by atoms with Gasteiger partial charge >= 0.3 is 0 Å². The second-order valence-corrected chi connectivity index (χ2v) is 18.7. The number of rotatable bonds is 22. The van der Waals surface area contributed by atoms with E-state index in [1.165, 1.54) is 112 Å². The van der Waals surface area contributed by atoms with Crippen molar-refractivity contribution in [2.75, 3.05) is 13.6 Å². The lowest BCUT2D eigenvalue weighted by atomic mass is 10.0. The summed E-state index contributed by atoms with van der Waals surface area (Å²) in [5.74, 6) is 0. The van der Waals surface area contributed by atoms with Gasteiger partial charge in [-0.25, -0.2) is 12.7 Å². The molecule has 53 heavy (non-hydrogen) atoms. The highest BCUT2D eigenvalue weighted by Gasteiger charge is 2.23. The Balaban J connectivity index is 1.41. The normalized spacial score (nSPS) is 12.9. The quantitative estimate of drug-likeness (QED) is 0.0465. The van der Waals surface area contributed by atoms with Gasteiger partial charge < -0.3 is 4.57 Å². The molecule has 0 unspecified atom stereocenters. The van der Waals surface area contributed by atoms with E-state index in [4.69, 9.17) is 0 Å². The molecule has 0 saturated heterocycles. The van der Waals surface area contributed by atoms with Crippen LogP contribution < -0.4 is 10.2 Å². The smallest absolute Gasteiger partial charge is 0.294 e. The number of benzene rings is 3. The van der Waals surface area contributed by atoms with Crippen LogP contribution in [-0.4, -0.2) is 52.3 Å². The average Bonchev–Trinajstić information content (AvgIpc) is 3.14. The van der Waals surface area contributed by atoms with Gasteiger partial charge in [0.15, 0.2) is 0 Å². The third-order valence-corrected chi connectivity index (χ3v) is 13.5. The first-order valence-electron chi connectivity index (χ1n) is 18.5. The summed E-state index contributed by atoms with van der Waals surface area (Å²) in [6.07, 6.45) is 16.8. The maximum atomic E-state index is 13.5. The van der Waals surface area contributed by atoms with Crippen LogP contribution in [-0.2, 0) is 37.2 Å². The number of unbranched alkanes of at least 4 members (excludes halogenated alkanes) is 13. The van der Waals surface area contributed by atoms with Crippen LogP contribution in [0.3, 0.4) is 0 Å². The van der Waals surface area contributed by atoms with Crippen LogP contribution in [0, 0.1) is 0 Å². The highest BCUT2D eigenvalue weighted by atomic mass is 32.2. The summed E-state index contributed by atoms with van der Waals surface area (Å²) in [6, 6.07) is 20.0. The summed E-state index contributed by atoms with van der Waals surface area (Å²) < 4.78 is 90.5. The van der Waals surface area contributed by atoms with Crippen molar-refractivity contribution >= 4 is 41.1 Å². The van der Waals surface area contributed by atoms with Gasteiger partial charge in [-0.1, -0.05) is 127 Å². The zero-order chi connectivity index (χ0) is 38.5. The van der Waals surface area contributed by atoms with Gasteiger partial charge in [-0.2, -0.15) is 26.8 Å². The van der Waals surface area contributed by atoms with E-state index in [1.807, 2.05) is 30.3 Å². The first kappa shape index (κ1) is 42.2. The molecule has 14 heteroatoms. The molecule has 0 atom stereocenters. The largest absolute Gasteiger partial charge is 0.344 e. The molecule has 0 amide bonds. The summed E-state index contributed by atoms with van der Waals surface area (Å²) in [4.78, 5) is 1.35. The Labute approximate surface area is 316 Å². The fourth-order valence-electron chi connectivity index (χ4n) is 6.38. The predicted octanol–water partition coefficient (Wildman–Crippen LogP) is 7.99. The minimum absolute atomic E-state index is 0.0858. The second-order valence-electron chi connectivity index (χ2n) is 13.6. The molecule has 0 radical (unpaired) electrons. The minimum Gasteiger partial charge on any atom is -0.344 e. The molecule has 0 spiro atoms. The summed E-state index contributed by atoms with van der Waals surface area (Å²) >= 11 is 0. The van der Waals surface area contributed by atoms with Gasteiger partial charge in [-0.05, 0) is 54.4 Å². The van der Waals surface area contributed by atoms with Crippen molar-refractivity contribution in [1.29, 1.82) is 0 Å². The number of fused-ring (bicyclic) bond motifs is 1. The standard InChI is InChI=1S/C39H54N4O7S3/c1-4-5-6-7-8-9-10-11-12-13-14-15-16-20-28-42(2)52(46,47)34-25-21-24-33(29-34)51(44,45)41-40-37-31-39(32-22-18-17-19-23-32)43(3)38-27-26-35(30-36(37)38)53(48,49)50/h17-19,21-27,29-31,41H,4-16,20,28H2,1-3H3,(H,48,49,50)/b40-37+. The molecular formula is C39H54N4O7S3. The number of aromatic nitrogens is 1. The number of hydrogen-bond donors (Lipinski definition) is 2. The van der Waals surface area contributed by atoms with Crippen LogP contribution in [0.4, 0.5) is 0 Å². The molecule has 0 aliphatic heterocycles. The maximum Gasteiger partial charge on any atom is 0.294 e. The Bertz CT molecular complexity index is 2200. The fraction of sp³-hybridized carbons (Fsp3) is 0.462. The van der Waals surface area contributed by atoms with Gasteiger partial charge in [0.05, 0.1) is 31.3 Å². The molecule has 4 aromatic rings. The Hall–Kier alpha value is -3.56. The Morgan fingerprint density at radius 1 is 0.660 bits per heavy atom. The van der Waals surface area contributed by atoms with Crippen LogP contribution in [0.15, 0.2) is 98.7 Å². The summed E-state index contributed by atoms with van der Waals surface area (Å²) in [5.41, 5.74) is 1.98. The number of nitrogens with one attached hydrogen (secondary N) is 1. The molecule has 0 bridgehead atoms. The maximum absolute atomic E-state index is 13.5. The van der Waals surface area contributed by atoms with Crippen molar-refractivity contribution in [3.63, 3.8) is 0 Å². The lowest BCUT2D eigenvalue weighted by Gasteiger charge is -2.17. The van der Waals surface area contributed by atoms with E-state index in [0.717, 1.165) is 30.9 Å². The van der Waals surface area contributed by atoms with E-state index in [9.17, 15) is 29.8 Å². The molecule has 4 rings (SSSR count). The second kappa shape index (κ2) is 19.7. The van der Waals surface area contributed by atoms with Crippen molar-refractivity contribution in [1.82, 2.24) is 13.7 Å². The third kappa shape index (κ3) is 12.0. The van der Waals surface area contributed by atoms with Crippen molar-refractivity contribution in [3.05, 3.63) is 84.2 Å². The van der Waals surface area contributed by atoms with Crippen LogP contribution in [0.5, 0.6) is 0 Å². The molecule has 0 fully saturated rings. The molecule has 11 nitrogen and oxygen atoms in total. The van der Waals surface area contributed by atoms with Crippen molar-refractivity contribution in [2.24, 2.45) is 12.1 Å². The highest BCUT2D eigenvalue weighted by molar-refractivity contribution is 7.90. The zero-order valence-corrected chi connectivity index (χ0v) is 33.5. The van der Waals surface area contributed by atoms with Crippen molar-refractivity contribution < 1.29 is 29.8 Å². The summed E-state index contributed by atoms with van der Waals surface area (Å²) in [7, 11) is -9.64. The molecule has 2 N–H and O–H groups in total. The van der Waals surface area contributed by atoms with Gasteiger partial charge in [0, 0.05) is 26.0 Å². The van der Waals surface area contributed by atoms with Gasteiger partial charge in [0.1, 0.15) is 0 Å². The van der Waals surface area contributed by atoms with E-state index >= 15 is 0 Å². The summed E-state index contributed by atoms with van der Waals surface area (Å²) in [5, 5.41) is 4.52. The van der Waals surface area contributed by atoms with Crippen molar-refractivity contribution in [3.8, 4) is 11.3 Å². The van der Waals surface area contributed by atoms with E-state index < -0.39 is 30.2 Å². The van der Waals surface area contributed by atoms with Gasteiger partial charge in [-0.3, -0.25) is 4.55 Å². The van der Waals surface area contributed by atoms with Gasteiger partial charge in [-0.15, -0.1) is 0 Å². The highest BCUT2D eigenvalue weighted by Crippen LogP contribution is 2.24. The van der Waals surface area contributed by atoms with E-state index in [0.29, 0.717) is 24.2 Å². The monoisotopic (exact) mass is 786 g/mol. The minimum atomic E-state index is -4.57. The molecule has 290 valence electrons. The van der Waals surface area contributed by atoms with Crippen molar-refractivity contribution in [2.45, 2.75) is 112 Å². The Morgan fingerprint density at radius 3 is 1.81 bits per heavy atom. The number of hydrogen-bond acceptors (Lipinski definition) is 7. The van der Waals surface area contributed by atoms with Gasteiger partial charge in [0.2, 0.25) is 10.0 Å². The molecular weight excluding hydrogens is 733 g/mol. The predicted molar refractivity (Wildman–Crippen MR) is 211 cm³/mol. The molecule has 0 aliphatic rings. The summed E-state index contributed by atoms with van der Waals surface area (Å²) in [6.45, 7) is 2.56. The lowest BCUT2D eigenvalue weighted by Crippen LogP contribution is -2.28. The Morgan fingerprint density at radius 2 is 1.23 bits per heavy atom. The van der Waals surface area contributed by atoms with Gasteiger partial charge in [0.25, 0.3) is 20.1 Å². The lowest BCUT2D eigenvalue weighted by molar-refractivity contribution is 0.447. The number of aryl methyl sites for hydroxylation is 1.